The van der Waals surface area contributed by atoms with Crippen LogP contribution in [0.3, 0.4) is 0 Å². The number of allylic oxidation sites excluding steroid dienone is 1. The van der Waals surface area contributed by atoms with Crippen molar-refractivity contribution in [2.45, 2.75) is 25.1 Å². The molecule has 0 radical (unpaired) electrons. The second-order valence-electron chi connectivity index (χ2n) is 7.54. The van der Waals surface area contributed by atoms with Gasteiger partial charge in [-0.2, -0.15) is 13.2 Å². The van der Waals surface area contributed by atoms with Gasteiger partial charge in [0.1, 0.15) is 12.4 Å². The summed E-state index contributed by atoms with van der Waals surface area (Å²) in [5, 5.41) is 0. The number of nitrogens with two attached hydrogens (primary N) is 1. The van der Waals surface area contributed by atoms with Crippen LogP contribution in [0.2, 0.25) is 0 Å². The zero-order chi connectivity index (χ0) is 24.0. The van der Waals surface area contributed by atoms with Crippen LogP contribution in [0.25, 0.3) is 11.1 Å². The van der Waals surface area contributed by atoms with E-state index >= 15 is 0 Å². The predicted molar refractivity (Wildman–Crippen MR) is 120 cm³/mol. The highest BCUT2D eigenvalue weighted by Gasteiger charge is 2.30. The monoisotopic (exact) mass is 455 g/mol. The molecule has 0 saturated heterocycles. The van der Waals surface area contributed by atoms with Gasteiger partial charge in [0.05, 0.1) is 19.1 Å². The molecule has 0 spiro atoms. The van der Waals surface area contributed by atoms with Gasteiger partial charge in [-0.25, -0.2) is 0 Å². The normalized spacial score (nSPS) is 12.1. The minimum absolute atomic E-state index is 0.1000. The van der Waals surface area contributed by atoms with E-state index < -0.39 is 11.7 Å². The lowest BCUT2D eigenvalue weighted by molar-refractivity contribution is -0.141. The summed E-state index contributed by atoms with van der Waals surface area (Å²) in [5.74, 6) is -0.107. The summed E-state index contributed by atoms with van der Waals surface area (Å²) in [6, 6.07) is 19.7. The van der Waals surface area contributed by atoms with Crippen molar-refractivity contribution in [2.75, 3.05) is 7.11 Å². The maximum atomic E-state index is 12.8. The lowest BCUT2D eigenvalue weighted by Crippen LogP contribution is -2.14. The minimum atomic E-state index is -4.36. The smallest absolute Gasteiger partial charge is 0.416 e. The number of hydrogen-bond donors (Lipinski definition) is 1. The number of carbonyl (C=O) groups excluding carboxylic acids is 1. The molecule has 0 fully saturated rings. The fourth-order valence-electron chi connectivity index (χ4n) is 3.37. The number of halogens is 3. The highest BCUT2D eigenvalue weighted by Crippen LogP contribution is 2.31. The van der Waals surface area contributed by atoms with Crippen molar-refractivity contribution in [1.29, 1.82) is 0 Å². The molecule has 33 heavy (non-hydrogen) atoms. The van der Waals surface area contributed by atoms with Crippen molar-refractivity contribution in [2.24, 2.45) is 5.73 Å². The van der Waals surface area contributed by atoms with E-state index in [1.165, 1.54) is 19.2 Å². The molecule has 0 amide bonds. The van der Waals surface area contributed by atoms with Gasteiger partial charge in [0, 0.05) is 11.6 Å². The Bertz CT molecular complexity index is 1110. The van der Waals surface area contributed by atoms with Gasteiger partial charge in [-0.1, -0.05) is 49.0 Å². The Morgan fingerprint density at radius 1 is 1.00 bits per heavy atom. The van der Waals surface area contributed by atoms with Crippen LogP contribution in [0.15, 0.2) is 85.1 Å². The molecule has 7 heteroatoms. The van der Waals surface area contributed by atoms with Crippen molar-refractivity contribution < 1.29 is 27.4 Å². The van der Waals surface area contributed by atoms with E-state index in [2.05, 4.69) is 6.58 Å². The number of methoxy groups -OCH3 is 1. The van der Waals surface area contributed by atoms with Gasteiger partial charge in [-0.3, -0.25) is 4.79 Å². The molecule has 0 aliphatic carbocycles. The zero-order valence-electron chi connectivity index (χ0n) is 18.1. The molecule has 172 valence electrons. The SMILES string of the molecule is C=C(N)C(CC(=O)OC)c1ccc(OCc2cccc(-c3ccc(C(F)(F)F)cc3)c2)cc1. The van der Waals surface area contributed by atoms with Crippen molar-refractivity contribution in [1.82, 2.24) is 0 Å². The number of carbonyl (C=O) groups is 1. The number of ether oxygens (including phenoxy) is 2. The summed E-state index contributed by atoms with van der Waals surface area (Å²) in [7, 11) is 1.32. The summed E-state index contributed by atoms with van der Waals surface area (Å²) in [4.78, 5) is 11.6. The van der Waals surface area contributed by atoms with Gasteiger partial charge in [0.2, 0.25) is 0 Å². The van der Waals surface area contributed by atoms with Crippen LogP contribution < -0.4 is 10.5 Å². The lowest BCUT2D eigenvalue weighted by Gasteiger charge is -2.16. The number of benzene rings is 3. The third-order valence-corrected chi connectivity index (χ3v) is 5.21. The number of esters is 1. The van der Waals surface area contributed by atoms with Crippen LogP contribution in [-0.2, 0) is 22.3 Å². The Kier molecular flexibility index (Phi) is 7.43. The van der Waals surface area contributed by atoms with Gasteiger partial charge in [-0.05, 0) is 52.6 Å². The quantitative estimate of drug-likeness (QED) is 0.419. The summed E-state index contributed by atoms with van der Waals surface area (Å²) in [6.07, 6.45) is -4.26. The topological polar surface area (TPSA) is 61.6 Å². The summed E-state index contributed by atoms with van der Waals surface area (Å²) in [5.41, 5.74) is 8.72. The Morgan fingerprint density at radius 2 is 1.67 bits per heavy atom. The number of rotatable bonds is 8. The maximum Gasteiger partial charge on any atom is 0.416 e. The third kappa shape index (κ3) is 6.38. The summed E-state index contributed by atoms with van der Waals surface area (Å²) in [6.45, 7) is 4.03. The number of hydrogen-bond acceptors (Lipinski definition) is 4. The van der Waals surface area contributed by atoms with E-state index in [1.807, 2.05) is 36.4 Å². The zero-order valence-corrected chi connectivity index (χ0v) is 18.1. The van der Waals surface area contributed by atoms with Crippen molar-refractivity contribution >= 4 is 5.97 Å². The fraction of sp³-hybridized carbons (Fsp3) is 0.192. The molecule has 0 heterocycles. The fourth-order valence-corrected chi connectivity index (χ4v) is 3.37. The van der Waals surface area contributed by atoms with Gasteiger partial charge in [0.15, 0.2) is 0 Å². The first-order valence-electron chi connectivity index (χ1n) is 10.2. The van der Waals surface area contributed by atoms with Crippen LogP contribution in [0.1, 0.15) is 29.0 Å². The molecular weight excluding hydrogens is 431 g/mol. The van der Waals surface area contributed by atoms with Crippen molar-refractivity contribution in [3.63, 3.8) is 0 Å². The molecule has 3 aromatic rings. The van der Waals surface area contributed by atoms with Crippen LogP contribution in [0.4, 0.5) is 13.2 Å². The molecule has 0 saturated carbocycles. The summed E-state index contributed by atoms with van der Waals surface area (Å²) < 4.78 is 48.9. The largest absolute Gasteiger partial charge is 0.489 e. The second kappa shape index (κ2) is 10.3. The molecule has 3 aromatic carbocycles. The first-order chi connectivity index (χ1) is 15.7. The van der Waals surface area contributed by atoms with Gasteiger partial charge < -0.3 is 15.2 Å². The molecule has 0 aliphatic heterocycles. The van der Waals surface area contributed by atoms with E-state index in [0.717, 1.165) is 28.8 Å². The Labute approximate surface area is 190 Å². The molecule has 4 nitrogen and oxygen atoms in total. The Balaban J connectivity index is 1.67. The Morgan fingerprint density at radius 3 is 2.24 bits per heavy atom. The molecule has 2 N–H and O–H groups in total. The van der Waals surface area contributed by atoms with E-state index in [0.29, 0.717) is 17.0 Å². The van der Waals surface area contributed by atoms with E-state index in [4.69, 9.17) is 15.2 Å². The molecule has 1 unspecified atom stereocenters. The van der Waals surface area contributed by atoms with Gasteiger partial charge >= 0.3 is 12.1 Å². The standard InChI is InChI=1S/C26H24F3NO3/c1-17(30)24(15-25(31)32-2)20-8-12-23(13-9-20)33-16-18-4-3-5-21(14-18)19-6-10-22(11-7-19)26(27,28)29/h3-14,24H,1,15-16,30H2,2H3. The van der Waals surface area contributed by atoms with E-state index in [-0.39, 0.29) is 24.9 Å². The lowest BCUT2D eigenvalue weighted by atomic mass is 9.93. The predicted octanol–water partition coefficient (Wildman–Crippen LogP) is 6.07. The molecular formula is C26H24F3NO3. The third-order valence-electron chi connectivity index (χ3n) is 5.21. The van der Waals surface area contributed by atoms with Gasteiger partial charge in [-0.15, -0.1) is 0 Å². The van der Waals surface area contributed by atoms with Crippen molar-refractivity contribution in [3.05, 3.63) is 102 Å². The van der Waals surface area contributed by atoms with Gasteiger partial charge in [0.25, 0.3) is 0 Å². The Hall–Kier alpha value is -3.74. The average molecular weight is 455 g/mol. The van der Waals surface area contributed by atoms with Crippen LogP contribution in [0.5, 0.6) is 5.75 Å². The first-order valence-corrected chi connectivity index (χ1v) is 10.2. The molecule has 0 bridgehead atoms. The van der Waals surface area contributed by atoms with E-state index in [1.54, 1.807) is 12.1 Å². The van der Waals surface area contributed by atoms with Crippen LogP contribution >= 0.6 is 0 Å². The minimum Gasteiger partial charge on any atom is -0.489 e. The highest BCUT2D eigenvalue weighted by atomic mass is 19.4. The molecule has 0 aromatic heterocycles. The summed E-state index contributed by atoms with van der Waals surface area (Å²) >= 11 is 0. The van der Waals surface area contributed by atoms with Crippen molar-refractivity contribution in [3.8, 4) is 16.9 Å². The maximum absolute atomic E-state index is 12.8. The van der Waals surface area contributed by atoms with Crippen LogP contribution in [-0.4, -0.2) is 13.1 Å². The highest BCUT2D eigenvalue weighted by molar-refractivity contribution is 5.71. The van der Waals surface area contributed by atoms with Crippen LogP contribution in [0, 0.1) is 0 Å². The van der Waals surface area contributed by atoms with E-state index in [9.17, 15) is 18.0 Å². The first kappa shape index (κ1) is 23.9. The average Bonchev–Trinajstić information content (AvgIpc) is 2.81. The molecule has 1 atom stereocenters. The molecule has 0 aliphatic rings. The number of alkyl halides is 3. The molecule has 3 rings (SSSR count). The second-order valence-corrected chi connectivity index (χ2v) is 7.54.